The third-order valence-corrected chi connectivity index (χ3v) is 3.81. The van der Waals surface area contributed by atoms with Gasteiger partial charge in [-0.1, -0.05) is 23.7 Å². The first kappa shape index (κ1) is 15.6. The van der Waals surface area contributed by atoms with Crippen LogP contribution in [0, 0.1) is 0 Å². The van der Waals surface area contributed by atoms with E-state index in [0.29, 0.717) is 17.9 Å². The van der Waals surface area contributed by atoms with Crippen molar-refractivity contribution in [2.24, 2.45) is 0 Å². The van der Waals surface area contributed by atoms with Crippen molar-refractivity contribution in [3.63, 3.8) is 0 Å². The zero-order chi connectivity index (χ0) is 16.4. The number of hydrogen-bond donors (Lipinski definition) is 0. The molecule has 2 aromatic heterocycles. The molecule has 0 saturated carbocycles. The van der Waals surface area contributed by atoms with Crippen LogP contribution in [0.1, 0.15) is 30.4 Å². The van der Waals surface area contributed by atoms with E-state index < -0.39 is 6.43 Å². The molecule has 23 heavy (non-hydrogen) atoms. The molecule has 0 N–H and O–H groups in total. The SMILES string of the molecule is CCc1nccn1Cc1cn(-c2ccc(Cl)c(C(F)F)c2)nn1. The second-order valence-corrected chi connectivity index (χ2v) is 5.39. The Morgan fingerprint density at radius 3 is 2.87 bits per heavy atom. The molecule has 0 aliphatic heterocycles. The minimum absolute atomic E-state index is 0.0371. The number of halogens is 3. The van der Waals surface area contributed by atoms with Crippen LogP contribution >= 0.6 is 11.6 Å². The normalized spacial score (nSPS) is 11.3. The van der Waals surface area contributed by atoms with Crippen molar-refractivity contribution in [2.45, 2.75) is 26.3 Å². The molecule has 8 heteroatoms. The van der Waals surface area contributed by atoms with E-state index in [9.17, 15) is 8.78 Å². The van der Waals surface area contributed by atoms with E-state index in [2.05, 4.69) is 15.3 Å². The van der Waals surface area contributed by atoms with Gasteiger partial charge in [-0.15, -0.1) is 5.10 Å². The van der Waals surface area contributed by atoms with Crippen LogP contribution in [0.5, 0.6) is 0 Å². The van der Waals surface area contributed by atoms with E-state index in [-0.39, 0.29) is 10.6 Å². The van der Waals surface area contributed by atoms with Crippen LogP contribution in [-0.2, 0) is 13.0 Å². The maximum absolute atomic E-state index is 12.9. The van der Waals surface area contributed by atoms with E-state index in [4.69, 9.17) is 11.6 Å². The van der Waals surface area contributed by atoms with Gasteiger partial charge in [-0.25, -0.2) is 18.4 Å². The molecule has 3 aromatic rings. The molecule has 3 rings (SSSR count). The number of rotatable bonds is 5. The molecule has 1 aromatic carbocycles. The average molecular weight is 338 g/mol. The molecule has 5 nitrogen and oxygen atoms in total. The molecule has 0 unspecified atom stereocenters. The lowest BCUT2D eigenvalue weighted by Gasteiger charge is -2.06. The van der Waals surface area contributed by atoms with Crippen molar-refractivity contribution in [1.29, 1.82) is 0 Å². The number of aryl methyl sites for hydroxylation is 1. The third-order valence-electron chi connectivity index (χ3n) is 3.47. The van der Waals surface area contributed by atoms with Gasteiger partial charge in [-0.2, -0.15) is 0 Å². The summed E-state index contributed by atoms with van der Waals surface area (Å²) >= 11 is 5.78. The van der Waals surface area contributed by atoms with Crippen LogP contribution in [0.3, 0.4) is 0 Å². The number of aromatic nitrogens is 5. The van der Waals surface area contributed by atoms with Gasteiger partial charge >= 0.3 is 0 Å². The lowest BCUT2D eigenvalue weighted by Crippen LogP contribution is -2.03. The maximum atomic E-state index is 12.9. The van der Waals surface area contributed by atoms with Crippen LogP contribution in [-0.4, -0.2) is 24.5 Å². The Balaban J connectivity index is 1.86. The van der Waals surface area contributed by atoms with Crippen LogP contribution in [0.4, 0.5) is 8.78 Å². The summed E-state index contributed by atoms with van der Waals surface area (Å²) in [7, 11) is 0. The lowest BCUT2D eigenvalue weighted by atomic mass is 10.2. The maximum Gasteiger partial charge on any atom is 0.265 e. The van der Waals surface area contributed by atoms with Gasteiger partial charge < -0.3 is 4.57 Å². The molecule has 120 valence electrons. The highest BCUT2D eigenvalue weighted by Gasteiger charge is 2.14. The summed E-state index contributed by atoms with van der Waals surface area (Å²) in [6, 6.07) is 4.38. The van der Waals surface area contributed by atoms with Gasteiger partial charge in [0.05, 0.1) is 18.4 Å². The van der Waals surface area contributed by atoms with E-state index in [1.54, 1.807) is 18.5 Å². The Kier molecular flexibility index (Phi) is 4.38. The van der Waals surface area contributed by atoms with Gasteiger partial charge in [0.25, 0.3) is 6.43 Å². The summed E-state index contributed by atoms with van der Waals surface area (Å²) < 4.78 is 29.3. The van der Waals surface area contributed by atoms with E-state index in [1.807, 2.05) is 17.7 Å². The first-order chi connectivity index (χ1) is 11.1. The standard InChI is InChI=1S/C15H14ClF2N5/c1-2-14-19-5-6-22(14)8-10-9-23(21-20-10)11-3-4-13(16)12(7-11)15(17)18/h3-7,9,15H,2,8H2,1H3. The fourth-order valence-corrected chi connectivity index (χ4v) is 2.51. The summed E-state index contributed by atoms with van der Waals surface area (Å²) in [5, 5.41) is 8.12. The van der Waals surface area contributed by atoms with Crippen LogP contribution < -0.4 is 0 Å². The average Bonchev–Trinajstić information content (AvgIpc) is 3.17. The molecular weight excluding hydrogens is 324 g/mol. The van der Waals surface area contributed by atoms with Crippen molar-refractivity contribution in [2.75, 3.05) is 0 Å². The van der Waals surface area contributed by atoms with Gasteiger partial charge in [0.2, 0.25) is 0 Å². The highest BCUT2D eigenvalue weighted by molar-refractivity contribution is 6.31. The first-order valence-electron chi connectivity index (χ1n) is 7.07. The van der Waals surface area contributed by atoms with Gasteiger partial charge in [-0.3, -0.25) is 0 Å². The summed E-state index contributed by atoms with van der Waals surface area (Å²) in [5.41, 5.74) is 0.986. The zero-order valence-corrected chi connectivity index (χ0v) is 13.1. The Bertz CT molecular complexity index is 812. The van der Waals surface area contributed by atoms with Gasteiger partial charge in [-0.05, 0) is 18.2 Å². The Morgan fingerprint density at radius 1 is 1.30 bits per heavy atom. The van der Waals surface area contributed by atoms with Crippen molar-refractivity contribution < 1.29 is 8.78 Å². The fourth-order valence-electron chi connectivity index (χ4n) is 2.31. The molecule has 0 amide bonds. The number of imidazole rings is 1. The third kappa shape index (κ3) is 3.24. The summed E-state index contributed by atoms with van der Waals surface area (Å²) in [5.74, 6) is 0.950. The number of hydrogen-bond acceptors (Lipinski definition) is 3. The van der Waals surface area contributed by atoms with E-state index in [0.717, 1.165) is 12.2 Å². The van der Waals surface area contributed by atoms with E-state index in [1.165, 1.54) is 16.8 Å². The number of nitrogens with zero attached hydrogens (tertiary/aromatic N) is 5. The largest absolute Gasteiger partial charge is 0.329 e. The minimum atomic E-state index is -2.64. The molecule has 0 saturated heterocycles. The van der Waals surface area contributed by atoms with Gasteiger partial charge in [0.1, 0.15) is 11.5 Å². The highest BCUT2D eigenvalue weighted by Crippen LogP contribution is 2.28. The molecule has 0 atom stereocenters. The molecule has 0 spiro atoms. The molecular formula is C15H14ClF2N5. The lowest BCUT2D eigenvalue weighted by molar-refractivity contribution is 0.151. The first-order valence-corrected chi connectivity index (χ1v) is 7.45. The van der Waals surface area contributed by atoms with Crippen molar-refractivity contribution in [1.82, 2.24) is 24.5 Å². The van der Waals surface area contributed by atoms with Crippen molar-refractivity contribution in [3.05, 3.63) is 58.9 Å². The van der Waals surface area contributed by atoms with E-state index >= 15 is 0 Å². The van der Waals surface area contributed by atoms with Crippen LogP contribution in [0.15, 0.2) is 36.8 Å². The molecule has 2 heterocycles. The second-order valence-electron chi connectivity index (χ2n) is 4.99. The van der Waals surface area contributed by atoms with Crippen molar-refractivity contribution >= 4 is 11.6 Å². The highest BCUT2D eigenvalue weighted by atomic mass is 35.5. The molecule has 0 radical (unpaired) electrons. The summed E-state index contributed by atoms with van der Waals surface area (Å²) in [4.78, 5) is 4.25. The molecule has 0 bridgehead atoms. The fraction of sp³-hybridized carbons (Fsp3) is 0.267. The molecule has 0 fully saturated rings. The quantitative estimate of drug-likeness (QED) is 0.713. The Morgan fingerprint density at radius 2 is 2.13 bits per heavy atom. The molecule has 0 aliphatic carbocycles. The minimum Gasteiger partial charge on any atom is -0.329 e. The second kappa shape index (κ2) is 6.45. The zero-order valence-electron chi connectivity index (χ0n) is 12.3. The molecule has 0 aliphatic rings. The smallest absolute Gasteiger partial charge is 0.265 e. The van der Waals surface area contributed by atoms with Crippen molar-refractivity contribution in [3.8, 4) is 5.69 Å². The predicted molar refractivity (Wildman–Crippen MR) is 82.0 cm³/mol. The Hall–Kier alpha value is -2.28. The van der Waals surface area contributed by atoms with Crippen LogP contribution in [0.2, 0.25) is 5.02 Å². The Labute approximate surface area is 136 Å². The monoisotopic (exact) mass is 337 g/mol. The summed E-state index contributed by atoms with van der Waals surface area (Å²) in [6.45, 7) is 2.55. The predicted octanol–water partition coefficient (Wildman–Crippen LogP) is 3.67. The number of alkyl halides is 2. The van der Waals surface area contributed by atoms with Crippen LogP contribution in [0.25, 0.3) is 5.69 Å². The summed E-state index contributed by atoms with van der Waals surface area (Å²) in [6.07, 6.45) is 3.49. The van der Waals surface area contributed by atoms with Gasteiger partial charge in [0, 0.05) is 29.4 Å². The topological polar surface area (TPSA) is 48.5 Å². The van der Waals surface area contributed by atoms with Gasteiger partial charge in [0.15, 0.2) is 0 Å². The number of benzene rings is 1.